The SMILES string of the molecule is C=C(C)C1=CC(C(C)(C)C)=NC1.C=C(C)c1cc(C(C)(C)C)[nH]n1.CC(C)(C)C1=NCC(C2CC2)=C1F.CCOC1=CC(C(C)(C)C)=NC1.CCOc1cc(C(C)(C)C)[nH]n1.CN(C)C(=O)c1cc(C(C)(C)C)[nH]n1.CNC(=O)c1cc(C(C)(C)C)[nH]n1.Cc1[nH]nc(C(C)(C)C)c1F.Cc1ccccc1-c1n[nH]c(C(C)(C)C)c1F.Cn1ccc(C(C)(C)C)n1. The maximum atomic E-state index is 14.3. The summed E-state index contributed by atoms with van der Waals surface area (Å²) in [7, 11) is 6.96. The van der Waals surface area contributed by atoms with Crippen LogP contribution in [0.2, 0.25) is 0 Å². The summed E-state index contributed by atoms with van der Waals surface area (Å²) >= 11 is 0. The molecule has 7 aromatic heterocycles. The summed E-state index contributed by atoms with van der Waals surface area (Å²) in [5.74, 6) is 1.51. The molecule has 0 atom stereocenters. The maximum Gasteiger partial charge on any atom is 0.273 e. The van der Waals surface area contributed by atoms with E-state index in [-0.39, 0.29) is 83.4 Å². The van der Waals surface area contributed by atoms with Crippen molar-refractivity contribution in [1.82, 2.24) is 81.2 Å². The average Bonchev–Trinajstić information content (AvgIpc) is 1.65. The second kappa shape index (κ2) is 45.4. The van der Waals surface area contributed by atoms with Crippen LogP contribution >= 0.6 is 0 Å². The third-order valence-electron chi connectivity index (χ3n) is 19.8. The lowest BCUT2D eigenvalue weighted by Crippen LogP contribution is -2.22. The van der Waals surface area contributed by atoms with Crippen molar-refractivity contribution in [2.75, 3.05) is 54.0 Å². The Morgan fingerprint density at radius 1 is 0.516 bits per heavy atom. The highest BCUT2D eigenvalue weighted by atomic mass is 19.1. The molecule has 1 fully saturated rings. The number of aromatic nitrogens is 14. The second-order valence-electron chi connectivity index (χ2n) is 42.7. The Labute approximate surface area is 753 Å². The lowest BCUT2D eigenvalue weighted by Gasteiger charge is -2.17. The lowest BCUT2D eigenvalue weighted by atomic mass is 9.89. The molecule has 1 saturated carbocycles. The minimum Gasteiger partial charge on any atom is -0.496 e. The van der Waals surface area contributed by atoms with Gasteiger partial charge in [-0.05, 0) is 119 Å². The van der Waals surface area contributed by atoms with Crippen molar-refractivity contribution in [3.05, 3.63) is 194 Å². The molecule has 8 aromatic rings. The van der Waals surface area contributed by atoms with E-state index < -0.39 is 0 Å². The van der Waals surface area contributed by atoms with E-state index in [1.54, 1.807) is 34.1 Å². The van der Waals surface area contributed by atoms with Gasteiger partial charge in [-0.1, -0.05) is 251 Å². The molecule has 0 bridgehead atoms. The van der Waals surface area contributed by atoms with E-state index in [1.807, 2.05) is 151 Å². The molecule has 0 unspecified atom stereocenters. The highest BCUT2D eigenvalue weighted by Crippen LogP contribution is 2.43. The van der Waals surface area contributed by atoms with E-state index in [2.05, 4.69) is 269 Å². The molecule has 1 aromatic carbocycles. The van der Waals surface area contributed by atoms with Gasteiger partial charge < -0.3 is 19.7 Å². The number of amides is 2. The molecule has 1 aliphatic carbocycles. The molecule has 23 nitrogen and oxygen atoms in total. The van der Waals surface area contributed by atoms with Crippen LogP contribution in [0.1, 0.15) is 326 Å². The standard InChI is InChI=1S/C14H17FN2.C11H16FN.C11H17N.C10H17N3O.C10H16N2.C10H17NO.C9H15N3O.C9H16N2O.C8H13FN2.C8H14N2/c1-9-7-5-6-8-10(9)12-11(15)13(17-16-12)14(2,3)4;1-11(2,3)10-9(12)8(6-13-10)7-4-5-7;1-8(2)9-6-10(12-7-9)11(3,4)5;1-10(2,3)8-6-7(11-12-8)9(14)13(4)5;1-7(2)8-6-9(12-11-8)10(3,4)5;1-5-12-8-6-9(11-7-8)10(2,3)4;1-9(2,3)7-5-6(11-12-7)8(13)10-4;1-5-12-8-6-7(10-11-8)9(2,3)4;1-5-6(9)7(11-10-5)8(2,3)4;1-8(2,3)7-5-6-10(4)9-7/h5-8H,1-4H3,(H,16,17);7H,4-6H2,1-3H3;6H,1,7H2,2-5H3;6H,1-5H3,(H,11,12);6H,1H2,2-5H3,(H,11,12);6H,5,7H2,1-4H3;5H,1-4H3,(H,10,13)(H,11,12);6H,5H2,1-4H3,(H,10,11);1-4H3,(H,10,11);5-6H,1-4H3. The van der Waals surface area contributed by atoms with E-state index in [9.17, 15) is 22.8 Å². The predicted molar refractivity (Wildman–Crippen MR) is 516 cm³/mol. The fourth-order valence-corrected chi connectivity index (χ4v) is 11.4. The number of allylic oxidation sites excluding steroid dienone is 4. The van der Waals surface area contributed by atoms with E-state index in [0.29, 0.717) is 64.8 Å². The maximum absolute atomic E-state index is 14.3. The smallest absolute Gasteiger partial charge is 0.273 e. The van der Waals surface area contributed by atoms with Gasteiger partial charge in [0, 0.05) is 134 Å². The molecule has 3 aliphatic heterocycles. The number of halogens is 3. The van der Waals surface area contributed by atoms with Gasteiger partial charge in [0.1, 0.15) is 34.4 Å². The van der Waals surface area contributed by atoms with Crippen molar-refractivity contribution in [2.24, 2.45) is 44.2 Å². The number of H-pyrrole nitrogens is 6. The molecule has 7 N–H and O–H groups in total. The first-order valence-corrected chi connectivity index (χ1v) is 43.7. The number of carbonyl (C=O) groups is 2. The zero-order valence-electron chi connectivity index (χ0n) is 84.5. The normalized spacial score (nSPS) is 14.0. The van der Waals surface area contributed by atoms with Crippen LogP contribution in [0.4, 0.5) is 13.2 Å². The summed E-state index contributed by atoms with van der Waals surface area (Å²) in [6, 6.07) is 17.3. The van der Waals surface area contributed by atoms with Crippen molar-refractivity contribution < 1.29 is 32.2 Å². The molecule has 10 heterocycles. The molecule has 2 amide bonds. The molecular formula is C100H158F3N19O4. The van der Waals surface area contributed by atoms with Crippen LogP contribution in [-0.4, -0.2) is 159 Å². The molecular weight excluding hydrogens is 1590 g/mol. The number of ether oxygens (including phenoxy) is 2. The highest BCUT2D eigenvalue weighted by Gasteiger charge is 2.37. The number of benzene rings is 1. The van der Waals surface area contributed by atoms with E-state index in [0.717, 1.165) is 106 Å². The molecule has 12 rings (SSSR count). The minimum absolute atomic E-state index is 0.000723. The summed E-state index contributed by atoms with van der Waals surface area (Å²) in [5.41, 5.74) is 18.6. The molecule has 26 heteroatoms. The minimum atomic E-state index is -0.266. The van der Waals surface area contributed by atoms with Gasteiger partial charge >= 0.3 is 0 Å². The Bertz CT molecular complexity index is 5030. The van der Waals surface area contributed by atoms with Gasteiger partial charge in [-0.3, -0.25) is 59.8 Å². The number of aliphatic imine (C=N–C) groups is 3. The number of hydrogen-bond acceptors (Lipinski definition) is 14. The topological polar surface area (TPSA) is 295 Å². The van der Waals surface area contributed by atoms with Gasteiger partial charge in [0.2, 0.25) is 5.88 Å². The van der Waals surface area contributed by atoms with Gasteiger partial charge in [-0.15, -0.1) is 5.10 Å². The van der Waals surface area contributed by atoms with Gasteiger partial charge in [-0.2, -0.15) is 30.6 Å². The van der Waals surface area contributed by atoms with Crippen LogP contribution < -0.4 is 10.1 Å². The van der Waals surface area contributed by atoms with Crippen molar-refractivity contribution in [2.45, 2.75) is 300 Å². The fourth-order valence-electron chi connectivity index (χ4n) is 11.4. The number of aromatic amines is 6. The van der Waals surface area contributed by atoms with Crippen LogP contribution in [0.3, 0.4) is 0 Å². The number of nitrogens with one attached hydrogen (secondary N) is 7. The first kappa shape index (κ1) is 110. The van der Waals surface area contributed by atoms with Crippen molar-refractivity contribution in [3.8, 4) is 17.1 Å². The summed E-state index contributed by atoms with van der Waals surface area (Å²) in [6.07, 6.45) is 8.53. The molecule has 0 radical (unpaired) electrons. The molecule has 0 saturated heterocycles. The highest BCUT2D eigenvalue weighted by molar-refractivity contribution is 6.04. The Morgan fingerprint density at radius 2 is 0.992 bits per heavy atom. The Morgan fingerprint density at radius 3 is 1.33 bits per heavy atom. The number of hydrogen-bond donors (Lipinski definition) is 7. The average molecular weight is 1750 g/mol. The fraction of sp³-hybridized carbons (Fsp3) is 0.580. The molecule has 0 spiro atoms. The van der Waals surface area contributed by atoms with Crippen LogP contribution in [0.15, 0.2) is 129 Å². The summed E-state index contributed by atoms with van der Waals surface area (Å²) in [6.45, 7) is 85.4. The molecule has 698 valence electrons. The number of aryl methyl sites for hydroxylation is 3. The van der Waals surface area contributed by atoms with Crippen molar-refractivity contribution in [1.29, 1.82) is 0 Å². The van der Waals surface area contributed by atoms with Gasteiger partial charge in [0.15, 0.2) is 11.6 Å². The van der Waals surface area contributed by atoms with Crippen LogP contribution in [0, 0.1) is 47.6 Å². The summed E-state index contributed by atoms with van der Waals surface area (Å²) in [4.78, 5) is 37.4. The second-order valence-corrected chi connectivity index (χ2v) is 42.7. The first-order valence-electron chi connectivity index (χ1n) is 43.7. The van der Waals surface area contributed by atoms with Gasteiger partial charge in [-0.25, -0.2) is 13.2 Å². The van der Waals surface area contributed by atoms with Crippen LogP contribution in [0.5, 0.6) is 5.88 Å². The van der Waals surface area contributed by atoms with Crippen molar-refractivity contribution >= 4 is 34.5 Å². The Hall–Kier alpha value is -10.3. The van der Waals surface area contributed by atoms with Crippen LogP contribution in [0.25, 0.3) is 16.8 Å². The largest absolute Gasteiger partial charge is 0.496 e. The number of rotatable bonds is 10. The van der Waals surface area contributed by atoms with Gasteiger partial charge in [0.25, 0.3) is 11.8 Å². The van der Waals surface area contributed by atoms with Crippen LogP contribution in [-0.2, 0) is 49.7 Å². The predicted octanol–water partition coefficient (Wildman–Crippen LogP) is 23.5. The first-order chi connectivity index (χ1) is 57.5. The quantitative estimate of drug-likeness (QED) is 0.0675. The Balaban J connectivity index is 0.000000362. The monoisotopic (exact) mass is 1750 g/mol. The molecule has 4 aliphatic rings. The van der Waals surface area contributed by atoms with Crippen molar-refractivity contribution in [3.63, 3.8) is 0 Å². The third kappa shape index (κ3) is 35.5. The van der Waals surface area contributed by atoms with E-state index in [1.165, 1.54) is 16.2 Å². The summed E-state index contributed by atoms with van der Waals surface area (Å²) < 4.78 is 53.7. The number of nitrogens with zero attached hydrogens (tertiary/aromatic N) is 12. The lowest BCUT2D eigenvalue weighted by molar-refractivity contribution is 0.0821. The van der Waals surface area contributed by atoms with E-state index in [4.69, 9.17) is 9.47 Å². The molecule has 126 heavy (non-hydrogen) atoms. The van der Waals surface area contributed by atoms with E-state index >= 15 is 0 Å². The zero-order valence-corrected chi connectivity index (χ0v) is 84.5. The Kier molecular flexibility index (Phi) is 39.6. The number of carbonyl (C=O) groups excluding carboxylic acids is 2. The zero-order chi connectivity index (χ0) is 96.8. The third-order valence-corrected chi connectivity index (χ3v) is 19.8. The summed E-state index contributed by atoms with van der Waals surface area (Å²) in [5, 5.41) is 48.0. The van der Waals surface area contributed by atoms with Gasteiger partial charge in [0.05, 0.1) is 61.3 Å².